The van der Waals surface area contributed by atoms with Gasteiger partial charge in [-0.2, -0.15) is 0 Å². The maximum Gasteiger partial charge on any atom is 0.339 e. The first-order valence-electron chi connectivity index (χ1n) is 15.9. The molecule has 7 N–H and O–H groups in total. The summed E-state index contributed by atoms with van der Waals surface area (Å²) in [5.74, 6) is -3.90. The van der Waals surface area contributed by atoms with E-state index in [9.17, 15) is 51.6 Å². The normalized spacial score (nSPS) is 14.6. The molecule has 1 aliphatic heterocycles. The molecule has 2 amide bonds. The molecule has 1 atom stereocenters. The van der Waals surface area contributed by atoms with Gasteiger partial charge in [-0.25, -0.2) is 31.2 Å². The minimum Gasteiger partial charge on any atom is -0.507 e. The number of rotatable bonds is 10. The highest BCUT2D eigenvalue weighted by atomic mass is 32.2. The lowest BCUT2D eigenvalue weighted by molar-refractivity contribution is 0.0682. The van der Waals surface area contributed by atoms with Crippen molar-refractivity contribution in [1.82, 2.24) is 5.32 Å². The Balaban J connectivity index is 1.18. The number of hydrogen-bond donors (Lipinski definition) is 7. The lowest BCUT2D eigenvalue weighted by Gasteiger charge is -2.24. The van der Waals surface area contributed by atoms with E-state index in [0.717, 1.165) is 24.3 Å². The molecule has 6 aromatic rings. The van der Waals surface area contributed by atoms with E-state index in [1.165, 1.54) is 41.3 Å². The molecule has 0 aromatic heterocycles. The van der Waals surface area contributed by atoms with E-state index in [0.29, 0.717) is 32.8 Å². The number of sulfonamides is 2. The van der Waals surface area contributed by atoms with Crippen LogP contribution in [0.15, 0.2) is 119 Å². The van der Waals surface area contributed by atoms with Crippen molar-refractivity contribution in [2.45, 2.75) is 15.8 Å². The zero-order valence-corrected chi connectivity index (χ0v) is 29.2. The van der Waals surface area contributed by atoms with Crippen LogP contribution in [0.2, 0.25) is 0 Å². The number of aromatic hydroxyl groups is 2. The quantitative estimate of drug-likeness (QED) is 0.0838. The molecule has 54 heavy (non-hydrogen) atoms. The molecule has 1 heterocycles. The first-order valence-corrected chi connectivity index (χ1v) is 18.9. The van der Waals surface area contributed by atoms with Crippen molar-refractivity contribution in [3.8, 4) is 11.5 Å². The smallest absolute Gasteiger partial charge is 0.339 e. The molecule has 7 rings (SSSR count). The summed E-state index contributed by atoms with van der Waals surface area (Å²) >= 11 is 0. The van der Waals surface area contributed by atoms with Gasteiger partial charge in [-0.05, 0) is 106 Å². The third-order valence-electron chi connectivity index (χ3n) is 8.85. The van der Waals surface area contributed by atoms with E-state index in [-0.39, 0.29) is 27.7 Å². The lowest BCUT2D eigenvalue weighted by Crippen LogP contribution is -2.29. The van der Waals surface area contributed by atoms with Gasteiger partial charge in [0.1, 0.15) is 22.6 Å². The van der Waals surface area contributed by atoms with Crippen LogP contribution in [0.5, 0.6) is 11.5 Å². The summed E-state index contributed by atoms with van der Waals surface area (Å²) in [4.78, 5) is 37.3. The second kappa shape index (κ2) is 13.3. The number of aromatic carboxylic acids is 2. The Morgan fingerprint density at radius 3 is 1.61 bits per heavy atom. The largest absolute Gasteiger partial charge is 0.507 e. The number of nitrogens with zero attached hydrogens (tertiary/aromatic N) is 1. The number of carboxylic acid groups (broad SMARTS) is 2. The van der Waals surface area contributed by atoms with Crippen molar-refractivity contribution in [3.63, 3.8) is 0 Å². The Hall–Kier alpha value is -6.85. The van der Waals surface area contributed by atoms with Gasteiger partial charge in [-0.15, -0.1) is 0 Å². The molecule has 6 aromatic carbocycles. The number of urea groups is 1. The molecule has 0 saturated carbocycles. The number of benzene rings is 6. The predicted octanol–water partition coefficient (Wildman–Crippen LogP) is 5.67. The van der Waals surface area contributed by atoms with Crippen LogP contribution in [-0.2, 0) is 20.0 Å². The third-order valence-corrected chi connectivity index (χ3v) is 11.6. The number of anilines is 3. The van der Waals surface area contributed by atoms with Crippen molar-refractivity contribution >= 4 is 76.6 Å². The third kappa shape index (κ3) is 6.75. The summed E-state index contributed by atoms with van der Waals surface area (Å²) in [6.45, 7) is 0.206. The van der Waals surface area contributed by atoms with Crippen molar-refractivity contribution in [3.05, 3.63) is 126 Å². The topological polar surface area (TPSA) is 240 Å². The Bertz CT molecular complexity index is 2790. The van der Waals surface area contributed by atoms with E-state index < -0.39 is 66.7 Å². The summed E-state index contributed by atoms with van der Waals surface area (Å²) < 4.78 is 57.9. The minimum absolute atomic E-state index is 0.0618. The van der Waals surface area contributed by atoms with E-state index in [1.54, 1.807) is 42.5 Å². The monoisotopic (exact) mass is 768 g/mol. The standard InChI is InChI=1S/C37H28N4O11S2/c42-33-11-6-25(17-30(33)35(44)45)39-53(49,50)28-9-4-20-1-2-22(13-23(20)15-28)32-19-38-37(48)41(32)27-8-3-21-5-10-29(16-24(21)14-27)54(51,52)40-26-7-12-34(43)31(18-26)36(46)47/h1-18,32,39-40,42-43H,19H2,(H,38,48)(H,44,45)(H,46,47). The maximum absolute atomic E-state index is 13.3. The molecule has 0 radical (unpaired) electrons. The molecule has 15 nitrogen and oxygen atoms in total. The molecule has 1 saturated heterocycles. The highest BCUT2D eigenvalue weighted by Crippen LogP contribution is 2.35. The van der Waals surface area contributed by atoms with Gasteiger partial charge in [0.25, 0.3) is 20.0 Å². The fraction of sp³-hybridized carbons (Fsp3) is 0.0541. The molecule has 0 aliphatic carbocycles. The van der Waals surface area contributed by atoms with Crippen molar-refractivity contribution < 1.29 is 51.6 Å². The van der Waals surface area contributed by atoms with Crippen LogP contribution >= 0.6 is 0 Å². The highest BCUT2D eigenvalue weighted by molar-refractivity contribution is 7.93. The average Bonchev–Trinajstić information content (AvgIpc) is 3.52. The van der Waals surface area contributed by atoms with Crippen molar-refractivity contribution in [2.24, 2.45) is 0 Å². The number of fused-ring (bicyclic) bond motifs is 2. The summed E-state index contributed by atoms with van der Waals surface area (Å²) in [5, 5.41) is 43.4. The van der Waals surface area contributed by atoms with Crippen LogP contribution < -0.4 is 19.7 Å². The predicted molar refractivity (Wildman–Crippen MR) is 198 cm³/mol. The fourth-order valence-electron chi connectivity index (χ4n) is 6.18. The van der Waals surface area contributed by atoms with Crippen LogP contribution in [0, 0.1) is 0 Å². The van der Waals surface area contributed by atoms with Crippen LogP contribution in [0.1, 0.15) is 32.3 Å². The van der Waals surface area contributed by atoms with Gasteiger partial charge < -0.3 is 25.7 Å². The number of hydrogen-bond acceptors (Lipinski definition) is 9. The van der Waals surface area contributed by atoms with Gasteiger partial charge >= 0.3 is 18.0 Å². The van der Waals surface area contributed by atoms with Crippen LogP contribution in [-0.4, -0.2) is 61.8 Å². The van der Waals surface area contributed by atoms with Crippen LogP contribution in [0.4, 0.5) is 21.9 Å². The molecule has 1 fully saturated rings. The van der Waals surface area contributed by atoms with Gasteiger partial charge in [-0.3, -0.25) is 14.3 Å². The van der Waals surface area contributed by atoms with Crippen molar-refractivity contribution in [2.75, 3.05) is 20.9 Å². The Kier molecular flexibility index (Phi) is 8.75. The zero-order chi connectivity index (χ0) is 38.5. The minimum atomic E-state index is -4.21. The molecular weight excluding hydrogens is 741 g/mol. The van der Waals surface area contributed by atoms with Gasteiger partial charge in [0.2, 0.25) is 0 Å². The number of carbonyl (C=O) groups is 3. The number of carbonyl (C=O) groups excluding carboxylic acids is 1. The van der Waals surface area contributed by atoms with Gasteiger partial charge in [0.15, 0.2) is 0 Å². The Morgan fingerprint density at radius 2 is 1.09 bits per heavy atom. The van der Waals surface area contributed by atoms with Crippen LogP contribution in [0.25, 0.3) is 21.5 Å². The number of carboxylic acids is 2. The molecule has 1 unspecified atom stereocenters. The Morgan fingerprint density at radius 1 is 0.611 bits per heavy atom. The second-order valence-electron chi connectivity index (χ2n) is 12.3. The number of phenols is 2. The summed E-state index contributed by atoms with van der Waals surface area (Å²) in [6.07, 6.45) is 0. The molecule has 0 bridgehead atoms. The number of nitrogens with one attached hydrogen (secondary N) is 3. The van der Waals surface area contributed by atoms with E-state index in [1.807, 2.05) is 6.07 Å². The average molecular weight is 769 g/mol. The van der Waals surface area contributed by atoms with Gasteiger partial charge in [-0.1, -0.05) is 30.3 Å². The van der Waals surface area contributed by atoms with E-state index in [2.05, 4.69) is 14.8 Å². The molecule has 0 spiro atoms. The molecule has 1 aliphatic rings. The van der Waals surface area contributed by atoms with Gasteiger partial charge in [0.05, 0.1) is 15.8 Å². The maximum atomic E-state index is 13.3. The Labute approximate surface area is 306 Å². The summed E-state index contributed by atoms with van der Waals surface area (Å²) in [6, 6.07) is 24.9. The molecule has 274 valence electrons. The molecular formula is C37H28N4O11S2. The summed E-state index contributed by atoms with van der Waals surface area (Å²) in [5.41, 5.74) is 0.0359. The molecule has 17 heteroatoms. The first kappa shape index (κ1) is 35.5. The second-order valence-corrected chi connectivity index (χ2v) is 15.7. The lowest BCUT2D eigenvalue weighted by atomic mass is 10.0. The van der Waals surface area contributed by atoms with E-state index in [4.69, 9.17) is 0 Å². The SMILES string of the molecule is O=C(O)c1cc(NS(=O)(=O)c2ccc3ccc(C4CNC(=O)N4c4ccc5ccc(S(=O)(=O)Nc6ccc(O)c(C(=O)O)c6)cc5c4)cc3c2)ccc1O. The van der Waals surface area contributed by atoms with Gasteiger partial charge in [0, 0.05) is 23.6 Å². The first-order chi connectivity index (χ1) is 25.6. The fourth-order valence-corrected chi connectivity index (χ4v) is 8.35. The van der Waals surface area contributed by atoms with E-state index >= 15 is 0 Å². The number of amides is 2. The van der Waals surface area contributed by atoms with Crippen molar-refractivity contribution in [1.29, 1.82) is 0 Å². The highest BCUT2D eigenvalue weighted by Gasteiger charge is 2.33. The zero-order valence-electron chi connectivity index (χ0n) is 27.6. The van der Waals surface area contributed by atoms with Crippen LogP contribution in [0.3, 0.4) is 0 Å². The summed E-state index contributed by atoms with van der Waals surface area (Å²) in [7, 11) is -8.41.